The predicted octanol–water partition coefficient (Wildman–Crippen LogP) is 3.79. The highest BCUT2D eigenvalue weighted by Crippen LogP contribution is 2.23. The van der Waals surface area contributed by atoms with Crippen molar-refractivity contribution in [1.29, 1.82) is 0 Å². The van der Waals surface area contributed by atoms with E-state index >= 15 is 0 Å². The van der Waals surface area contributed by atoms with Gasteiger partial charge >= 0.3 is 0 Å². The van der Waals surface area contributed by atoms with Gasteiger partial charge in [-0.3, -0.25) is 9.59 Å². The molecule has 31 heavy (non-hydrogen) atoms. The van der Waals surface area contributed by atoms with Gasteiger partial charge in [0.1, 0.15) is 0 Å². The van der Waals surface area contributed by atoms with Crippen LogP contribution >= 0.6 is 11.6 Å². The summed E-state index contributed by atoms with van der Waals surface area (Å²) in [6.07, 6.45) is 1.51. The molecule has 0 radical (unpaired) electrons. The van der Waals surface area contributed by atoms with Gasteiger partial charge in [0.05, 0.1) is 11.4 Å². The van der Waals surface area contributed by atoms with Crippen molar-refractivity contribution in [3.05, 3.63) is 59.1 Å². The molecule has 168 valence electrons. The molecule has 0 bridgehead atoms. The minimum absolute atomic E-state index is 0.0176. The zero-order valence-electron chi connectivity index (χ0n) is 17.9. The predicted molar refractivity (Wildman–Crippen MR) is 122 cm³/mol. The van der Waals surface area contributed by atoms with E-state index < -0.39 is 10.0 Å². The molecule has 0 spiro atoms. The minimum Gasteiger partial charge on any atom is -0.352 e. The lowest BCUT2D eigenvalue weighted by Gasteiger charge is -2.24. The van der Waals surface area contributed by atoms with Crippen molar-refractivity contribution in [3.63, 3.8) is 0 Å². The molecule has 2 aromatic rings. The van der Waals surface area contributed by atoms with E-state index in [4.69, 9.17) is 11.6 Å². The molecule has 2 N–H and O–H groups in total. The molecule has 0 saturated carbocycles. The number of sulfonamides is 1. The number of carbonyl (C=O) groups is 2. The van der Waals surface area contributed by atoms with E-state index in [2.05, 4.69) is 10.6 Å². The second kappa shape index (κ2) is 11.3. The lowest BCUT2D eigenvalue weighted by molar-refractivity contribution is -0.122. The van der Waals surface area contributed by atoms with Crippen molar-refractivity contribution in [3.8, 4) is 0 Å². The molecule has 7 nitrogen and oxygen atoms in total. The first-order chi connectivity index (χ1) is 14.7. The fraction of sp³-hybridized carbons (Fsp3) is 0.364. The van der Waals surface area contributed by atoms with Crippen LogP contribution in [0, 0.1) is 0 Å². The van der Waals surface area contributed by atoms with E-state index in [1.807, 2.05) is 13.8 Å². The Morgan fingerprint density at radius 1 is 1.03 bits per heavy atom. The summed E-state index contributed by atoms with van der Waals surface area (Å²) in [6.45, 7) is 4.91. The van der Waals surface area contributed by atoms with Gasteiger partial charge in [-0.05, 0) is 48.7 Å². The van der Waals surface area contributed by atoms with Gasteiger partial charge in [-0.2, -0.15) is 4.31 Å². The molecule has 0 aliphatic heterocycles. The van der Waals surface area contributed by atoms with Crippen molar-refractivity contribution < 1.29 is 18.0 Å². The lowest BCUT2D eigenvalue weighted by Crippen LogP contribution is -2.43. The van der Waals surface area contributed by atoms with Gasteiger partial charge < -0.3 is 10.6 Å². The maximum Gasteiger partial charge on any atom is 0.243 e. The fourth-order valence-electron chi connectivity index (χ4n) is 3.03. The van der Waals surface area contributed by atoms with Crippen molar-refractivity contribution in [1.82, 2.24) is 9.62 Å². The molecule has 0 aliphatic rings. The molecule has 0 fully saturated rings. The maximum absolute atomic E-state index is 13.4. The molecular formula is C22H28ClN3O4S. The molecule has 0 unspecified atom stereocenters. The third kappa shape index (κ3) is 7.05. The van der Waals surface area contributed by atoms with Gasteiger partial charge in [0.25, 0.3) is 0 Å². The van der Waals surface area contributed by atoms with E-state index in [0.29, 0.717) is 16.3 Å². The highest BCUT2D eigenvalue weighted by Gasteiger charge is 2.28. The largest absolute Gasteiger partial charge is 0.352 e. The highest BCUT2D eigenvalue weighted by atomic mass is 35.5. The molecule has 2 amide bonds. The van der Waals surface area contributed by atoms with E-state index in [9.17, 15) is 18.0 Å². The van der Waals surface area contributed by atoms with E-state index in [1.54, 1.807) is 24.3 Å². The number of nitrogens with zero attached hydrogens (tertiary/aromatic N) is 1. The summed E-state index contributed by atoms with van der Waals surface area (Å²) in [5, 5.41) is 5.89. The monoisotopic (exact) mass is 465 g/mol. The summed E-state index contributed by atoms with van der Waals surface area (Å²) >= 11 is 6.24. The molecule has 0 saturated heterocycles. The summed E-state index contributed by atoms with van der Waals surface area (Å²) in [5.41, 5.74) is 1.08. The van der Waals surface area contributed by atoms with Crippen LogP contribution in [0.2, 0.25) is 5.02 Å². The minimum atomic E-state index is -4.00. The van der Waals surface area contributed by atoms with Gasteiger partial charge in [0.2, 0.25) is 21.8 Å². The average molecular weight is 466 g/mol. The third-order valence-corrected chi connectivity index (χ3v) is 6.96. The number of benzene rings is 2. The first-order valence-corrected chi connectivity index (χ1v) is 11.9. The van der Waals surface area contributed by atoms with Gasteiger partial charge in [0, 0.05) is 30.2 Å². The number of carbonyl (C=O) groups excluding carboxylic acids is 2. The fourth-order valence-corrected chi connectivity index (χ4v) is 4.60. The summed E-state index contributed by atoms with van der Waals surface area (Å²) < 4.78 is 27.8. The highest BCUT2D eigenvalue weighted by molar-refractivity contribution is 7.89. The van der Waals surface area contributed by atoms with E-state index in [-0.39, 0.29) is 35.8 Å². The lowest BCUT2D eigenvalue weighted by atomic mass is 10.2. The van der Waals surface area contributed by atoms with Crippen LogP contribution in [0.15, 0.2) is 53.4 Å². The van der Waals surface area contributed by atoms with Crippen LogP contribution in [-0.2, 0) is 26.2 Å². The molecule has 0 aromatic heterocycles. The topological polar surface area (TPSA) is 95.6 Å². The number of halogens is 1. The second-order valence-electron chi connectivity index (χ2n) is 7.15. The Bertz CT molecular complexity index is 1010. The third-order valence-electron chi connectivity index (χ3n) is 4.79. The Kier molecular flexibility index (Phi) is 9.03. The standard InChI is InChI=1S/C22H28ClN3O4S/c1-4-18(5-2)25-22(28)15-26(14-17-8-6-7-9-21(17)23)31(29,30)20-12-10-19(11-13-20)24-16(3)27/h6-13,18H,4-5,14-15H2,1-3H3,(H,24,27)(H,25,28). The van der Waals surface area contributed by atoms with Crippen molar-refractivity contribution in [2.75, 3.05) is 11.9 Å². The van der Waals surface area contributed by atoms with Crippen LogP contribution in [-0.4, -0.2) is 37.1 Å². The van der Waals surface area contributed by atoms with Crippen molar-refractivity contribution in [2.24, 2.45) is 0 Å². The summed E-state index contributed by atoms with van der Waals surface area (Å²) in [6, 6.07) is 12.7. The Labute approximate surface area is 188 Å². The SMILES string of the molecule is CCC(CC)NC(=O)CN(Cc1ccccc1Cl)S(=O)(=O)c1ccc(NC(C)=O)cc1. The van der Waals surface area contributed by atoms with Gasteiger partial charge in [-0.25, -0.2) is 8.42 Å². The Balaban J connectivity index is 2.34. The zero-order valence-corrected chi connectivity index (χ0v) is 19.5. The quantitative estimate of drug-likeness (QED) is 0.558. The number of nitrogens with one attached hydrogen (secondary N) is 2. The Morgan fingerprint density at radius 2 is 1.65 bits per heavy atom. The number of hydrogen-bond donors (Lipinski definition) is 2. The van der Waals surface area contributed by atoms with Gasteiger partial charge in [-0.1, -0.05) is 43.6 Å². The molecule has 0 heterocycles. The van der Waals surface area contributed by atoms with Gasteiger partial charge in [-0.15, -0.1) is 0 Å². The van der Waals surface area contributed by atoms with Crippen LogP contribution in [0.4, 0.5) is 5.69 Å². The van der Waals surface area contributed by atoms with E-state index in [0.717, 1.165) is 17.1 Å². The normalized spacial score (nSPS) is 11.5. The molecule has 2 rings (SSSR count). The van der Waals surface area contributed by atoms with Gasteiger partial charge in [0.15, 0.2) is 0 Å². The molecule has 0 atom stereocenters. The Morgan fingerprint density at radius 3 is 2.19 bits per heavy atom. The average Bonchev–Trinajstić information content (AvgIpc) is 2.73. The van der Waals surface area contributed by atoms with Crippen LogP contribution in [0.5, 0.6) is 0 Å². The van der Waals surface area contributed by atoms with Crippen LogP contribution < -0.4 is 10.6 Å². The zero-order chi connectivity index (χ0) is 23.0. The molecule has 0 aliphatic carbocycles. The number of rotatable bonds is 10. The summed E-state index contributed by atoms with van der Waals surface area (Å²) in [5.74, 6) is -0.631. The smallest absolute Gasteiger partial charge is 0.243 e. The van der Waals surface area contributed by atoms with Crippen LogP contribution in [0.3, 0.4) is 0 Å². The number of anilines is 1. The van der Waals surface area contributed by atoms with Crippen LogP contribution in [0.25, 0.3) is 0 Å². The van der Waals surface area contributed by atoms with Crippen molar-refractivity contribution >= 4 is 39.1 Å². The molecule has 2 aromatic carbocycles. The van der Waals surface area contributed by atoms with E-state index in [1.165, 1.54) is 31.2 Å². The molecular weight excluding hydrogens is 438 g/mol. The first-order valence-electron chi connectivity index (χ1n) is 10.1. The number of amides is 2. The molecule has 9 heteroatoms. The maximum atomic E-state index is 13.4. The van der Waals surface area contributed by atoms with Crippen molar-refractivity contribution in [2.45, 2.75) is 51.1 Å². The first kappa shape index (κ1) is 24.8. The number of hydrogen-bond acceptors (Lipinski definition) is 4. The second-order valence-corrected chi connectivity index (χ2v) is 9.50. The summed E-state index contributed by atoms with van der Waals surface area (Å²) in [7, 11) is -4.00. The Hall–Kier alpha value is -2.42. The summed E-state index contributed by atoms with van der Waals surface area (Å²) in [4.78, 5) is 23.8. The van der Waals surface area contributed by atoms with Crippen LogP contribution in [0.1, 0.15) is 39.2 Å².